The number of carboxylic acids is 1. The zero-order valence-electron chi connectivity index (χ0n) is 8.93. The zero-order chi connectivity index (χ0) is 12.4. The molecule has 7 heteroatoms. The Morgan fingerprint density at radius 2 is 2.12 bits per heavy atom. The molecule has 1 aromatic heterocycles. The van der Waals surface area contributed by atoms with Crippen LogP contribution < -0.4 is 4.90 Å². The third-order valence-electron chi connectivity index (χ3n) is 2.54. The van der Waals surface area contributed by atoms with Crippen molar-refractivity contribution in [1.29, 1.82) is 0 Å². The number of carboxylic acid groups (broad SMARTS) is 1. The second-order valence-electron chi connectivity index (χ2n) is 3.66. The monoisotopic (exact) mass is 318 g/mol. The van der Waals surface area contributed by atoms with Gasteiger partial charge in [-0.25, -0.2) is 9.78 Å². The van der Waals surface area contributed by atoms with Crippen LogP contribution in [0.15, 0.2) is 16.7 Å². The number of hydrogen-bond donors (Lipinski definition) is 1. The SMILES string of the molecule is O=C(O)c1cc(Br)cnc1N1CCS(=O)CC1. The van der Waals surface area contributed by atoms with Gasteiger partial charge in [-0.1, -0.05) is 0 Å². The van der Waals surface area contributed by atoms with Crippen LogP contribution in [-0.2, 0) is 10.8 Å². The van der Waals surface area contributed by atoms with Gasteiger partial charge in [-0.3, -0.25) is 4.21 Å². The first-order valence-corrected chi connectivity index (χ1v) is 7.35. The lowest BCUT2D eigenvalue weighted by molar-refractivity contribution is 0.0697. The Labute approximate surface area is 109 Å². The summed E-state index contributed by atoms with van der Waals surface area (Å²) in [5.74, 6) is 0.589. The van der Waals surface area contributed by atoms with Crippen molar-refractivity contribution in [3.63, 3.8) is 0 Å². The molecule has 1 N–H and O–H groups in total. The van der Waals surface area contributed by atoms with Crippen molar-refractivity contribution in [3.05, 3.63) is 22.3 Å². The Morgan fingerprint density at radius 3 is 2.71 bits per heavy atom. The van der Waals surface area contributed by atoms with Gasteiger partial charge in [0.15, 0.2) is 0 Å². The molecule has 5 nitrogen and oxygen atoms in total. The van der Waals surface area contributed by atoms with E-state index in [1.165, 1.54) is 6.07 Å². The highest BCUT2D eigenvalue weighted by molar-refractivity contribution is 9.10. The first-order valence-electron chi connectivity index (χ1n) is 5.06. The number of rotatable bonds is 2. The van der Waals surface area contributed by atoms with E-state index in [0.29, 0.717) is 34.9 Å². The normalized spacial score (nSPS) is 17.1. The van der Waals surface area contributed by atoms with Gasteiger partial charge in [-0.05, 0) is 22.0 Å². The quantitative estimate of drug-likeness (QED) is 0.884. The van der Waals surface area contributed by atoms with Crippen LogP contribution in [-0.4, -0.2) is 44.9 Å². The summed E-state index contributed by atoms with van der Waals surface area (Å²) in [6, 6.07) is 1.54. The average Bonchev–Trinajstić information content (AvgIpc) is 2.30. The van der Waals surface area contributed by atoms with Crippen molar-refractivity contribution in [3.8, 4) is 0 Å². The smallest absolute Gasteiger partial charge is 0.339 e. The molecule has 1 aliphatic heterocycles. The highest BCUT2D eigenvalue weighted by atomic mass is 79.9. The molecule has 2 heterocycles. The third-order valence-corrected chi connectivity index (χ3v) is 4.25. The fourth-order valence-electron chi connectivity index (χ4n) is 1.69. The summed E-state index contributed by atoms with van der Waals surface area (Å²) in [6.45, 7) is 1.17. The fourth-order valence-corrected chi connectivity index (χ4v) is 3.07. The van der Waals surface area contributed by atoms with Crippen molar-refractivity contribution in [1.82, 2.24) is 4.98 Å². The van der Waals surface area contributed by atoms with Crippen molar-refractivity contribution in [2.24, 2.45) is 0 Å². The maximum absolute atomic E-state index is 11.3. The maximum atomic E-state index is 11.3. The van der Waals surface area contributed by atoms with E-state index >= 15 is 0 Å². The van der Waals surface area contributed by atoms with E-state index in [4.69, 9.17) is 5.11 Å². The second kappa shape index (κ2) is 5.14. The highest BCUT2D eigenvalue weighted by Gasteiger charge is 2.22. The predicted octanol–water partition coefficient (Wildman–Crippen LogP) is 1.11. The number of pyridine rings is 1. The van der Waals surface area contributed by atoms with Gasteiger partial charge in [0, 0.05) is 46.1 Å². The van der Waals surface area contributed by atoms with Gasteiger partial charge in [0.25, 0.3) is 0 Å². The molecule has 0 unspecified atom stereocenters. The topological polar surface area (TPSA) is 70.5 Å². The molecule has 1 saturated heterocycles. The van der Waals surface area contributed by atoms with E-state index in [2.05, 4.69) is 20.9 Å². The number of hydrogen-bond acceptors (Lipinski definition) is 4. The molecule has 1 aromatic rings. The van der Waals surface area contributed by atoms with Crippen molar-refractivity contribution < 1.29 is 14.1 Å². The molecule has 0 aliphatic carbocycles. The molecule has 0 bridgehead atoms. The van der Waals surface area contributed by atoms with Crippen molar-refractivity contribution in [2.45, 2.75) is 0 Å². The van der Waals surface area contributed by atoms with Crippen molar-refractivity contribution in [2.75, 3.05) is 29.5 Å². The molecular weight excluding hydrogens is 308 g/mol. The minimum absolute atomic E-state index is 0.173. The Kier molecular flexibility index (Phi) is 3.78. The standard InChI is InChI=1S/C10H11BrN2O3S/c11-7-5-8(10(14)15)9(12-6-7)13-1-3-17(16)4-2-13/h5-6H,1-4H2,(H,14,15). The molecule has 0 spiro atoms. The van der Waals surface area contributed by atoms with Crippen LogP contribution >= 0.6 is 15.9 Å². The van der Waals surface area contributed by atoms with E-state index < -0.39 is 16.8 Å². The minimum Gasteiger partial charge on any atom is -0.478 e. The van der Waals surface area contributed by atoms with Gasteiger partial charge in [-0.2, -0.15) is 0 Å². The first kappa shape index (κ1) is 12.5. The summed E-state index contributed by atoms with van der Waals surface area (Å²) in [5.41, 5.74) is 0.173. The summed E-state index contributed by atoms with van der Waals surface area (Å²) in [7, 11) is -0.783. The number of carbonyl (C=O) groups is 1. The predicted molar refractivity (Wildman–Crippen MR) is 69.0 cm³/mol. The number of halogens is 1. The molecule has 0 saturated carbocycles. The molecule has 92 valence electrons. The van der Waals surface area contributed by atoms with Crippen LogP contribution in [0, 0.1) is 0 Å². The highest BCUT2D eigenvalue weighted by Crippen LogP contribution is 2.22. The number of anilines is 1. The zero-order valence-corrected chi connectivity index (χ0v) is 11.3. The summed E-state index contributed by atoms with van der Waals surface area (Å²) in [6.07, 6.45) is 1.58. The first-order chi connectivity index (χ1) is 8.08. The number of aromatic carboxylic acids is 1. The lowest BCUT2D eigenvalue weighted by atomic mass is 10.2. The molecule has 0 radical (unpaired) electrons. The van der Waals surface area contributed by atoms with E-state index in [0.717, 1.165) is 0 Å². The largest absolute Gasteiger partial charge is 0.478 e. The van der Waals surface area contributed by atoms with Gasteiger partial charge < -0.3 is 10.0 Å². The Balaban J connectivity index is 2.31. The van der Waals surface area contributed by atoms with Crippen LogP contribution in [0.5, 0.6) is 0 Å². The number of nitrogens with zero attached hydrogens (tertiary/aromatic N) is 2. The molecule has 0 aromatic carbocycles. The van der Waals surface area contributed by atoms with E-state index in [1.54, 1.807) is 6.20 Å². The van der Waals surface area contributed by atoms with Crippen LogP contribution in [0.25, 0.3) is 0 Å². The Bertz CT molecular complexity index is 471. The fraction of sp³-hybridized carbons (Fsp3) is 0.400. The molecule has 17 heavy (non-hydrogen) atoms. The van der Waals surface area contributed by atoms with Crippen LogP contribution in [0.1, 0.15) is 10.4 Å². The summed E-state index contributed by atoms with van der Waals surface area (Å²) in [5, 5.41) is 9.13. The third kappa shape index (κ3) is 2.84. The van der Waals surface area contributed by atoms with Crippen LogP contribution in [0.4, 0.5) is 5.82 Å². The van der Waals surface area contributed by atoms with Gasteiger partial charge in [0.1, 0.15) is 11.4 Å². The summed E-state index contributed by atoms with van der Waals surface area (Å²) < 4.78 is 11.9. The average molecular weight is 319 g/mol. The minimum atomic E-state index is -1.000. The molecule has 1 aliphatic rings. The van der Waals surface area contributed by atoms with Crippen molar-refractivity contribution >= 4 is 38.5 Å². The summed E-state index contributed by atoms with van der Waals surface area (Å²) >= 11 is 3.21. The Morgan fingerprint density at radius 1 is 1.47 bits per heavy atom. The van der Waals surface area contributed by atoms with Gasteiger partial charge in [0.05, 0.1) is 0 Å². The van der Waals surface area contributed by atoms with E-state index in [-0.39, 0.29) is 5.56 Å². The lowest BCUT2D eigenvalue weighted by Crippen LogP contribution is -2.39. The van der Waals surface area contributed by atoms with Gasteiger partial charge in [-0.15, -0.1) is 0 Å². The maximum Gasteiger partial charge on any atom is 0.339 e. The Hall–Kier alpha value is -0.950. The van der Waals surface area contributed by atoms with Gasteiger partial charge in [0.2, 0.25) is 0 Å². The number of aromatic nitrogens is 1. The van der Waals surface area contributed by atoms with Crippen LogP contribution in [0.3, 0.4) is 0 Å². The molecule has 2 rings (SSSR count). The van der Waals surface area contributed by atoms with E-state index in [9.17, 15) is 9.00 Å². The second-order valence-corrected chi connectivity index (χ2v) is 6.28. The lowest BCUT2D eigenvalue weighted by Gasteiger charge is -2.28. The van der Waals surface area contributed by atoms with E-state index in [1.807, 2.05) is 4.90 Å². The molecular formula is C10H11BrN2O3S. The van der Waals surface area contributed by atoms with Gasteiger partial charge >= 0.3 is 5.97 Å². The molecule has 0 atom stereocenters. The molecule has 1 fully saturated rings. The molecule has 0 amide bonds. The van der Waals surface area contributed by atoms with Crippen LogP contribution in [0.2, 0.25) is 0 Å². The summed E-state index contributed by atoms with van der Waals surface area (Å²) in [4.78, 5) is 17.2.